The Labute approximate surface area is 202 Å². The zero-order valence-electron chi connectivity index (χ0n) is 19.4. The molecule has 2 aromatic rings. The lowest BCUT2D eigenvalue weighted by atomic mass is 9.98. The summed E-state index contributed by atoms with van der Waals surface area (Å²) in [5.41, 5.74) is 0.459. The number of hydrogen-bond donors (Lipinski definition) is 0. The quantitative estimate of drug-likeness (QED) is 0.405. The summed E-state index contributed by atoms with van der Waals surface area (Å²) < 4.78 is 33.0. The Bertz CT molecular complexity index is 1020. The van der Waals surface area contributed by atoms with E-state index in [4.69, 9.17) is 28.4 Å². The van der Waals surface area contributed by atoms with Gasteiger partial charge in [-0.2, -0.15) is 0 Å². The molecule has 1 heterocycles. The number of esters is 4. The molecule has 0 saturated carbocycles. The van der Waals surface area contributed by atoms with E-state index >= 15 is 0 Å². The summed E-state index contributed by atoms with van der Waals surface area (Å²) in [7, 11) is 1.30. The maximum Gasteiger partial charge on any atom is 0.338 e. The van der Waals surface area contributed by atoms with Crippen LogP contribution in [0.15, 0.2) is 60.7 Å². The van der Waals surface area contributed by atoms with Gasteiger partial charge in [-0.25, -0.2) is 9.59 Å². The smallest absolute Gasteiger partial charge is 0.338 e. The third-order valence-corrected chi connectivity index (χ3v) is 5.08. The Morgan fingerprint density at radius 3 is 1.69 bits per heavy atom. The lowest BCUT2D eigenvalue weighted by Gasteiger charge is -2.43. The summed E-state index contributed by atoms with van der Waals surface area (Å²) >= 11 is 0. The minimum atomic E-state index is -1.35. The molecule has 0 N–H and O–H groups in total. The average molecular weight is 486 g/mol. The van der Waals surface area contributed by atoms with E-state index in [-0.39, 0.29) is 17.7 Å². The molecule has 0 unspecified atom stereocenters. The van der Waals surface area contributed by atoms with Crippen LogP contribution in [0.25, 0.3) is 0 Å². The first-order valence-corrected chi connectivity index (χ1v) is 10.8. The minimum Gasteiger partial charge on any atom is -0.463 e. The van der Waals surface area contributed by atoms with Crippen molar-refractivity contribution in [3.05, 3.63) is 71.8 Å². The molecule has 186 valence electrons. The first-order valence-electron chi connectivity index (χ1n) is 10.8. The van der Waals surface area contributed by atoms with Crippen molar-refractivity contribution in [1.29, 1.82) is 0 Å². The van der Waals surface area contributed by atoms with Crippen LogP contribution in [0, 0.1) is 0 Å². The molecule has 3 rings (SSSR count). The van der Waals surface area contributed by atoms with Gasteiger partial charge in [0.1, 0.15) is 12.7 Å². The highest BCUT2D eigenvalue weighted by Crippen LogP contribution is 2.30. The third-order valence-electron chi connectivity index (χ3n) is 5.08. The van der Waals surface area contributed by atoms with Gasteiger partial charge in [0.2, 0.25) is 0 Å². The Hall–Kier alpha value is -3.76. The van der Waals surface area contributed by atoms with Gasteiger partial charge in [-0.3, -0.25) is 9.59 Å². The monoisotopic (exact) mass is 486 g/mol. The van der Waals surface area contributed by atoms with Gasteiger partial charge in [0, 0.05) is 21.0 Å². The van der Waals surface area contributed by atoms with E-state index in [0.717, 1.165) is 6.92 Å². The molecule has 0 radical (unpaired) electrons. The van der Waals surface area contributed by atoms with Crippen LogP contribution in [0.3, 0.4) is 0 Å². The van der Waals surface area contributed by atoms with Crippen LogP contribution in [0.5, 0.6) is 0 Å². The SMILES string of the molecule is CO[C@H]1O[C@H](COC(C)=O)[C@@H](OC(C)=O)[C@H](OC(=O)c2ccccc2)[C@H]1OC(=O)c1ccccc1. The molecule has 35 heavy (non-hydrogen) atoms. The number of carbonyl (C=O) groups is 4. The van der Waals surface area contributed by atoms with Crippen LogP contribution in [-0.4, -0.2) is 68.3 Å². The summed E-state index contributed by atoms with van der Waals surface area (Å²) in [5.74, 6) is -2.80. The third kappa shape index (κ3) is 6.87. The molecular weight excluding hydrogens is 460 g/mol. The van der Waals surface area contributed by atoms with Gasteiger partial charge in [-0.15, -0.1) is 0 Å². The van der Waals surface area contributed by atoms with Gasteiger partial charge in [-0.05, 0) is 24.3 Å². The molecule has 0 aromatic heterocycles. The van der Waals surface area contributed by atoms with Crippen LogP contribution >= 0.6 is 0 Å². The van der Waals surface area contributed by atoms with Crippen molar-refractivity contribution in [2.24, 2.45) is 0 Å². The van der Waals surface area contributed by atoms with Gasteiger partial charge in [0.15, 0.2) is 24.6 Å². The fourth-order valence-electron chi connectivity index (χ4n) is 3.53. The first-order chi connectivity index (χ1) is 16.8. The first kappa shape index (κ1) is 25.9. The van der Waals surface area contributed by atoms with Crippen LogP contribution in [0.2, 0.25) is 0 Å². The molecule has 5 atom stereocenters. The van der Waals surface area contributed by atoms with Crippen molar-refractivity contribution in [3.8, 4) is 0 Å². The van der Waals surface area contributed by atoms with Crippen molar-refractivity contribution in [2.75, 3.05) is 13.7 Å². The lowest BCUT2D eigenvalue weighted by Crippen LogP contribution is -2.62. The second kappa shape index (κ2) is 12.1. The van der Waals surface area contributed by atoms with Gasteiger partial charge >= 0.3 is 23.9 Å². The maximum absolute atomic E-state index is 12.9. The number of benzene rings is 2. The number of hydrogen-bond acceptors (Lipinski definition) is 10. The molecule has 0 spiro atoms. The molecule has 0 bridgehead atoms. The van der Waals surface area contributed by atoms with Crippen molar-refractivity contribution in [1.82, 2.24) is 0 Å². The predicted octanol–water partition coefficient (Wildman–Crippen LogP) is 2.30. The topological polar surface area (TPSA) is 124 Å². The summed E-state index contributed by atoms with van der Waals surface area (Å²) in [5, 5.41) is 0. The van der Waals surface area contributed by atoms with Gasteiger partial charge < -0.3 is 28.4 Å². The summed E-state index contributed by atoms with van der Waals surface area (Å²) in [6, 6.07) is 16.3. The standard InChI is InChI=1S/C25H26O10/c1-15(26)31-14-19-20(32-16(2)27)21(34-23(28)17-10-6-4-7-11-17)22(25(30-3)33-19)35-24(29)18-12-8-5-9-13-18/h4-13,19-22,25H,14H2,1-3H3/t19-,20-,21+,22-,25+/m1/s1. The number of methoxy groups -OCH3 is 1. The van der Waals surface area contributed by atoms with Crippen LogP contribution in [-0.2, 0) is 38.0 Å². The predicted molar refractivity (Wildman–Crippen MR) is 119 cm³/mol. The molecule has 10 heteroatoms. The van der Waals surface area contributed by atoms with Crippen molar-refractivity contribution < 1.29 is 47.6 Å². The van der Waals surface area contributed by atoms with Crippen molar-refractivity contribution in [3.63, 3.8) is 0 Å². The van der Waals surface area contributed by atoms with Crippen LogP contribution < -0.4 is 0 Å². The molecule has 1 aliphatic rings. The van der Waals surface area contributed by atoms with E-state index in [9.17, 15) is 19.2 Å². The molecule has 10 nitrogen and oxygen atoms in total. The van der Waals surface area contributed by atoms with E-state index in [1.54, 1.807) is 48.5 Å². The molecular formula is C25H26O10. The Kier molecular flexibility index (Phi) is 8.93. The fourth-order valence-corrected chi connectivity index (χ4v) is 3.53. The lowest BCUT2D eigenvalue weighted by molar-refractivity contribution is -0.295. The van der Waals surface area contributed by atoms with Gasteiger partial charge in [-0.1, -0.05) is 36.4 Å². The van der Waals surface area contributed by atoms with Gasteiger partial charge in [0.05, 0.1) is 11.1 Å². The number of carbonyl (C=O) groups excluding carboxylic acids is 4. The molecule has 1 aliphatic heterocycles. The minimum absolute atomic E-state index is 0.221. The van der Waals surface area contributed by atoms with Crippen LogP contribution in [0.1, 0.15) is 34.6 Å². The normalized spacial score (nSPS) is 23.6. The van der Waals surface area contributed by atoms with E-state index in [1.807, 2.05) is 0 Å². The van der Waals surface area contributed by atoms with E-state index in [0.29, 0.717) is 0 Å². The average Bonchev–Trinajstić information content (AvgIpc) is 2.85. The van der Waals surface area contributed by atoms with Crippen molar-refractivity contribution >= 4 is 23.9 Å². The maximum atomic E-state index is 12.9. The van der Waals surface area contributed by atoms with E-state index in [2.05, 4.69) is 0 Å². The summed E-state index contributed by atoms with van der Waals surface area (Å²) in [4.78, 5) is 49.1. The van der Waals surface area contributed by atoms with E-state index in [1.165, 1.54) is 26.2 Å². The van der Waals surface area contributed by atoms with E-state index < -0.39 is 54.6 Å². The molecule has 1 fully saturated rings. The van der Waals surface area contributed by atoms with Crippen molar-refractivity contribution in [2.45, 2.75) is 44.6 Å². The van der Waals surface area contributed by atoms with Gasteiger partial charge in [0.25, 0.3) is 0 Å². The Balaban J connectivity index is 1.97. The number of rotatable bonds is 8. The second-order valence-corrected chi connectivity index (χ2v) is 7.63. The highest BCUT2D eigenvalue weighted by molar-refractivity contribution is 5.90. The Morgan fingerprint density at radius 1 is 0.714 bits per heavy atom. The highest BCUT2D eigenvalue weighted by Gasteiger charge is 2.53. The Morgan fingerprint density at radius 2 is 1.23 bits per heavy atom. The molecule has 2 aromatic carbocycles. The zero-order valence-corrected chi connectivity index (χ0v) is 19.4. The summed E-state index contributed by atoms with van der Waals surface area (Å²) in [6.45, 7) is 2.03. The molecule has 0 amide bonds. The second-order valence-electron chi connectivity index (χ2n) is 7.63. The largest absolute Gasteiger partial charge is 0.463 e. The molecule has 0 aliphatic carbocycles. The summed E-state index contributed by atoms with van der Waals surface area (Å²) in [6.07, 6.45) is -6.26. The fraction of sp³-hybridized carbons (Fsp3) is 0.360. The zero-order chi connectivity index (χ0) is 25.4. The van der Waals surface area contributed by atoms with Crippen LogP contribution in [0.4, 0.5) is 0 Å². The number of ether oxygens (including phenoxy) is 6. The molecule has 1 saturated heterocycles. The highest BCUT2D eigenvalue weighted by atomic mass is 16.7.